The normalized spacial score (nSPS) is 16.8. The molecule has 4 nitrogen and oxygen atoms in total. The molecule has 1 aliphatic rings. The van der Waals surface area contributed by atoms with Gasteiger partial charge in [-0.3, -0.25) is 4.79 Å². The lowest BCUT2D eigenvalue weighted by Crippen LogP contribution is -2.58. The number of nitrogens with two attached hydrogens (primary N) is 1. The van der Waals surface area contributed by atoms with Gasteiger partial charge in [-0.1, -0.05) is 12.1 Å². The Kier molecular flexibility index (Phi) is 3.87. The van der Waals surface area contributed by atoms with Crippen LogP contribution in [-0.2, 0) is 11.3 Å². The van der Waals surface area contributed by atoms with E-state index in [1.807, 2.05) is 31.2 Å². The van der Waals surface area contributed by atoms with E-state index in [2.05, 4.69) is 5.32 Å². The molecule has 3 N–H and O–H groups in total. The van der Waals surface area contributed by atoms with Crippen LogP contribution in [0.2, 0.25) is 0 Å². The maximum absolute atomic E-state index is 11.9. The Morgan fingerprint density at radius 3 is 2.89 bits per heavy atom. The number of nitrogens with one attached hydrogen (secondary N) is 1. The SMILES string of the molecule is CCOc1cccc(CNC(=O)C2(N)CCC2)c1. The molecule has 4 heteroatoms. The number of hydrogen-bond acceptors (Lipinski definition) is 3. The van der Waals surface area contributed by atoms with Crippen LogP contribution >= 0.6 is 0 Å². The highest BCUT2D eigenvalue weighted by Crippen LogP contribution is 2.29. The third-order valence-corrected chi connectivity index (χ3v) is 3.36. The molecular weight excluding hydrogens is 228 g/mol. The first-order valence-electron chi connectivity index (χ1n) is 6.43. The molecular formula is C14H20N2O2. The maximum Gasteiger partial charge on any atom is 0.240 e. The van der Waals surface area contributed by atoms with E-state index in [0.717, 1.165) is 30.6 Å². The van der Waals surface area contributed by atoms with Gasteiger partial charge in [-0.05, 0) is 43.9 Å². The molecule has 0 heterocycles. The zero-order valence-corrected chi connectivity index (χ0v) is 10.7. The predicted octanol–water partition coefficient (Wildman–Crippen LogP) is 1.58. The first-order chi connectivity index (χ1) is 8.64. The molecule has 0 saturated heterocycles. The van der Waals surface area contributed by atoms with E-state index in [4.69, 9.17) is 10.5 Å². The van der Waals surface area contributed by atoms with Crippen molar-refractivity contribution in [2.75, 3.05) is 6.61 Å². The predicted molar refractivity (Wildman–Crippen MR) is 70.2 cm³/mol. The molecule has 1 amide bonds. The molecule has 1 aliphatic carbocycles. The van der Waals surface area contributed by atoms with E-state index in [1.54, 1.807) is 0 Å². The highest BCUT2D eigenvalue weighted by Gasteiger charge is 2.39. The Balaban J connectivity index is 1.89. The smallest absolute Gasteiger partial charge is 0.240 e. The van der Waals surface area contributed by atoms with Gasteiger partial charge >= 0.3 is 0 Å². The fraction of sp³-hybridized carbons (Fsp3) is 0.500. The summed E-state index contributed by atoms with van der Waals surface area (Å²) in [5, 5.41) is 2.89. The van der Waals surface area contributed by atoms with Crippen molar-refractivity contribution in [2.24, 2.45) is 5.73 Å². The topological polar surface area (TPSA) is 64.3 Å². The van der Waals surface area contributed by atoms with E-state index in [0.29, 0.717) is 13.2 Å². The molecule has 0 aromatic heterocycles. The highest BCUT2D eigenvalue weighted by atomic mass is 16.5. The lowest BCUT2D eigenvalue weighted by Gasteiger charge is -2.36. The number of rotatable bonds is 5. The van der Waals surface area contributed by atoms with Gasteiger partial charge in [0.1, 0.15) is 5.75 Å². The van der Waals surface area contributed by atoms with Gasteiger partial charge in [0.15, 0.2) is 0 Å². The summed E-state index contributed by atoms with van der Waals surface area (Å²) >= 11 is 0. The number of hydrogen-bond donors (Lipinski definition) is 2. The third-order valence-electron chi connectivity index (χ3n) is 3.36. The van der Waals surface area contributed by atoms with Crippen molar-refractivity contribution in [3.63, 3.8) is 0 Å². The fourth-order valence-electron chi connectivity index (χ4n) is 2.06. The Morgan fingerprint density at radius 2 is 2.28 bits per heavy atom. The largest absolute Gasteiger partial charge is 0.494 e. The van der Waals surface area contributed by atoms with E-state index >= 15 is 0 Å². The van der Waals surface area contributed by atoms with Gasteiger partial charge in [0.05, 0.1) is 12.1 Å². The summed E-state index contributed by atoms with van der Waals surface area (Å²) in [5.41, 5.74) is 6.35. The van der Waals surface area contributed by atoms with Crippen molar-refractivity contribution in [1.82, 2.24) is 5.32 Å². The zero-order valence-electron chi connectivity index (χ0n) is 10.7. The molecule has 0 atom stereocenters. The van der Waals surface area contributed by atoms with Gasteiger partial charge in [0.25, 0.3) is 0 Å². The Labute approximate surface area is 108 Å². The molecule has 1 aromatic carbocycles. The zero-order chi connectivity index (χ0) is 13.0. The third kappa shape index (κ3) is 2.82. The summed E-state index contributed by atoms with van der Waals surface area (Å²) in [6.07, 6.45) is 2.62. The summed E-state index contributed by atoms with van der Waals surface area (Å²) in [5.74, 6) is 0.783. The Morgan fingerprint density at radius 1 is 1.50 bits per heavy atom. The van der Waals surface area contributed by atoms with Gasteiger partial charge in [0.2, 0.25) is 5.91 Å². The molecule has 0 spiro atoms. The average molecular weight is 248 g/mol. The second-order valence-electron chi connectivity index (χ2n) is 4.77. The van der Waals surface area contributed by atoms with Crippen LogP contribution in [0.1, 0.15) is 31.7 Å². The molecule has 0 radical (unpaired) electrons. The number of benzene rings is 1. The second-order valence-corrected chi connectivity index (χ2v) is 4.77. The molecule has 0 unspecified atom stereocenters. The van der Waals surface area contributed by atoms with Crippen LogP contribution in [0.25, 0.3) is 0 Å². The standard InChI is InChI=1S/C14H20N2O2/c1-2-18-12-6-3-5-11(9-12)10-16-13(17)14(15)7-4-8-14/h3,5-6,9H,2,4,7-8,10,15H2,1H3,(H,16,17). The molecule has 0 bridgehead atoms. The lowest BCUT2D eigenvalue weighted by molar-refractivity contribution is -0.129. The van der Waals surface area contributed by atoms with Gasteiger partial charge < -0.3 is 15.8 Å². The molecule has 18 heavy (non-hydrogen) atoms. The van der Waals surface area contributed by atoms with Gasteiger partial charge in [-0.25, -0.2) is 0 Å². The van der Waals surface area contributed by atoms with Gasteiger partial charge in [-0.15, -0.1) is 0 Å². The summed E-state index contributed by atoms with van der Waals surface area (Å²) in [7, 11) is 0. The molecule has 1 saturated carbocycles. The summed E-state index contributed by atoms with van der Waals surface area (Å²) < 4.78 is 5.42. The Hall–Kier alpha value is -1.55. The van der Waals surface area contributed by atoms with Crippen LogP contribution in [0.15, 0.2) is 24.3 Å². The minimum atomic E-state index is -0.627. The number of amides is 1. The van der Waals surface area contributed by atoms with Crippen LogP contribution in [0.5, 0.6) is 5.75 Å². The molecule has 2 rings (SSSR count). The molecule has 0 aliphatic heterocycles. The number of carbonyl (C=O) groups excluding carboxylic acids is 1. The van der Waals surface area contributed by atoms with Crippen LogP contribution < -0.4 is 15.8 Å². The minimum absolute atomic E-state index is 0.0458. The molecule has 98 valence electrons. The first-order valence-corrected chi connectivity index (χ1v) is 6.43. The van der Waals surface area contributed by atoms with Crippen molar-refractivity contribution in [3.05, 3.63) is 29.8 Å². The lowest BCUT2D eigenvalue weighted by atomic mass is 9.77. The van der Waals surface area contributed by atoms with Crippen molar-refractivity contribution in [3.8, 4) is 5.75 Å². The first kappa shape index (κ1) is 12.9. The fourth-order valence-corrected chi connectivity index (χ4v) is 2.06. The second kappa shape index (κ2) is 5.40. The van der Waals surface area contributed by atoms with E-state index in [-0.39, 0.29) is 5.91 Å². The Bertz CT molecular complexity index is 428. The summed E-state index contributed by atoms with van der Waals surface area (Å²) in [6, 6.07) is 7.74. The number of carbonyl (C=O) groups is 1. The quantitative estimate of drug-likeness (QED) is 0.831. The van der Waals surface area contributed by atoms with Crippen LogP contribution in [-0.4, -0.2) is 18.1 Å². The number of ether oxygens (including phenoxy) is 1. The van der Waals surface area contributed by atoms with Gasteiger partial charge in [0, 0.05) is 6.54 Å². The van der Waals surface area contributed by atoms with E-state index in [1.165, 1.54) is 0 Å². The van der Waals surface area contributed by atoms with Crippen molar-refractivity contribution < 1.29 is 9.53 Å². The monoisotopic (exact) mass is 248 g/mol. The molecule has 1 fully saturated rings. The van der Waals surface area contributed by atoms with E-state index in [9.17, 15) is 4.79 Å². The van der Waals surface area contributed by atoms with Crippen molar-refractivity contribution >= 4 is 5.91 Å². The van der Waals surface area contributed by atoms with Crippen LogP contribution in [0.4, 0.5) is 0 Å². The van der Waals surface area contributed by atoms with Gasteiger partial charge in [-0.2, -0.15) is 0 Å². The highest BCUT2D eigenvalue weighted by molar-refractivity contribution is 5.86. The molecule has 1 aromatic rings. The van der Waals surface area contributed by atoms with E-state index < -0.39 is 5.54 Å². The summed E-state index contributed by atoms with van der Waals surface area (Å²) in [6.45, 7) is 3.09. The average Bonchev–Trinajstić information content (AvgIpc) is 2.34. The minimum Gasteiger partial charge on any atom is -0.494 e. The summed E-state index contributed by atoms with van der Waals surface area (Å²) in [4.78, 5) is 11.9. The van der Waals surface area contributed by atoms with Crippen LogP contribution in [0.3, 0.4) is 0 Å². The van der Waals surface area contributed by atoms with Crippen LogP contribution in [0, 0.1) is 0 Å². The maximum atomic E-state index is 11.9. The van der Waals surface area contributed by atoms with Crippen molar-refractivity contribution in [1.29, 1.82) is 0 Å². The van der Waals surface area contributed by atoms with Crippen molar-refractivity contribution in [2.45, 2.75) is 38.3 Å².